The molecular formula is C34H66O5Si3. The van der Waals surface area contributed by atoms with E-state index in [9.17, 15) is 4.79 Å². The summed E-state index contributed by atoms with van der Waals surface area (Å²) >= 11 is 0. The van der Waals surface area contributed by atoms with Crippen LogP contribution in [0.3, 0.4) is 0 Å². The van der Waals surface area contributed by atoms with Crippen molar-refractivity contribution in [3.05, 3.63) is 0 Å². The van der Waals surface area contributed by atoms with Crippen LogP contribution in [0.25, 0.3) is 0 Å². The zero-order valence-electron chi connectivity index (χ0n) is 29.6. The molecule has 0 aromatic carbocycles. The first-order valence-electron chi connectivity index (χ1n) is 17.3. The molecule has 4 aliphatic carbocycles. The molecule has 42 heavy (non-hydrogen) atoms. The van der Waals surface area contributed by atoms with Gasteiger partial charge in [0.05, 0.1) is 19.3 Å². The second-order valence-corrected chi connectivity index (χ2v) is 31.6. The number of carbonyl (C=O) groups is 1. The van der Waals surface area contributed by atoms with Gasteiger partial charge in [-0.05, 0) is 157 Å². The molecule has 4 fully saturated rings. The molecule has 0 aromatic heterocycles. The summed E-state index contributed by atoms with van der Waals surface area (Å²) in [6.07, 6.45) is 10.9. The minimum Gasteiger partial charge on any atom is -0.469 e. The van der Waals surface area contributed by atoms with Crippen molar-refractivity contribution in [1.82, 2.24) is 0 Å². The topological polar surface area (TPSA) is 54.0 Å². The van der Waals surface area contributed by atoms with Gasteiger partial charge in [0.15, 0.2) is 25.0 Å². The Morgan fingerprint density at radius 2 is 1.29 bits per heavy atom. The molecule has 0 N–H and O–H groups in total. The third-order valence-electron chi connectivity index (χ3n) is 11.9. The van der Waals surface area contributed by atoms with E-state index in [1.54, 1.807) is 0 Å². The summed E-state index contributed by atoms with van der Waals surface area (Å²) in [5.74, 6) is 3.49. The lowest BCUT2D eigenvalue weighted by Gasteiger charge is -2.66. The predicted octanol–water partition coefficient (Wildman–Crippen LogP) is 9.11. The summed E-state index contributed by atoms with van der Waals surface area (Å²) in [4.78, 5) is 12.0. The fourth-order valence-corrected chi connectivity index (χ4v) is 13.9. The molecule has 5 nitrogen and oxygen atoms in total. The number of hydrogen-bond acceptors (Lipinski definition) is 5. The van der Waals surface area contributed by atoms with Gasteiger partial charge in [-0.1, -0.05) is 20.8 Å². The average molecular weight is 639 g/mol. The number of hydrogen-bond donors (Lipinski definition) is 0. The zero-order chi connectivity index (χ0) is 31.5. The Labute approximate surface area is 262 Å². The minimum absolute atomic E-state index is 0.0693. The van der Waals surface area contributed by atoms with E-state index in [1.165, 1.54) is 45.6 Å². The lowest BCUT2D eigenvalue weighted by Crippen LogP contribution is -2.67. The fourth-order valence-electron chi connectivity index (χ4n) is 10.5. The number of rotatable bonds is 10. The molecule has 0 aliphatic heterocycles. The van der Waals surface area contributed by atoms with E-state index in [-0.39, 0.29) is 23.6 Å². The molecule has 0 saturated heterocycles. The molecule has 8 heteroatoms. The number of carbonyl (C=O) groups excluding carboxylic acids is 1. The van der Waals surface area contributed by atoms with Crippen LogP contribution in [0.5, 0.6) is 0 Å². The first kappa shape index (κ1) is 34.9. The summed E-state index contributed by atoms with van der Waals surface area (Å²) in [5, 5.41) is 0. The molecule has 244 valence electrons. The standard InChI is InChI=1S/C34H66O5Si3/c1-23(14-17-29(35)36-4)25-15-16-26-30-27(19-21-33(25,26)2)34(3)20-18-24(37-40(5,6)7)22-28(34)31(38-41(8,9)10)32(30)39-42(11,12)13/h23-28,30-32H,14-22H2,1-13H3/t23?,24-,25?,26?,27?,28+,30?,31-,32+,33?,34?/m1/s1. The first-order valence-corrected chi connectivity index (χ1v) is 27.5. The van der Waals surface area contributed by atoms with Gasteiger partial charge in [-0.2, -0.15) is 0 Å². The van der Waals surface area contributed by atoms with Crippen LogP contribution in [-0.2, 0) is 22.8 Å². The monoisotopic (exact) mass is 638 g/mol. The Balaban J connectivity index is 1.73. The molecule has 0 bridgehead atoms. The van der Waals surface area contributed by atoms with Crippen LogP contribution >= 0.6 is 0 Å². The number of ether oxygens (including phenoxy) is 1. The third-order valence-corrected chi connectivity index (χ3v) is 14.9. The number of fused-ring (bicyclic) bond motifs is 5. The van der Waals surface area contributed by atoms with Gasteiger partial charge in [0.2, 0.25) is 0 Å². The highest BCUT2D eigenvalue weighted by Gasteiger charge is 2.66. The van der Waals surface area contributed by atoms with E-state index in [4.69, 9.17) is 18.0 Å². The van der Waals surface area contributed by atoms with Gasteiger partial charge in [0, 0.05) is 12.5 Å². The quantitative estimate of drug-likeness (QED) is 0.176. The molecular weight excluding hydrogens is 573 g/mol. The molecule has 4 saturated carbocycles. The van der Waals surface area contributed by atoms with E-state index in [0.717, 1.165) is 12.8 Å². The summed E-state index contributed by atoms with van der Waals surface area (Å²) in [7, 11) is -3.82. The van der Waals surface area contributed by atoms with Gasteiger partial charge in [-0.15, -0.1) is 0 Å². The van der Waals surface area contributed by atoms with E-state index in [1.807, 2.05) is 0 Å². The number of esters is 1. The van der Waals surface area contributed by atoms with E-state index < -0.39 is 25.0 Å². The highest BCUT2D eigenvalue weighted by atomic mass is 28.4. The van der Waals surface area contributed by atoms with E-state index >= 15 is 0 Å². The van der Waals surface area contributed by atoms with Gasteiger partial charge >= 0.3 is 5.97 Å². The van der Waals surface area contributed by atoms with Crippen LogP contribution in [0, 0.1) is 46.3 Å². The number of methoxy groups -OCH3 is 1. The second-order valence-electron chi connectivity index (χ2n) is 18.2. The van der Waals surface area contributed by atoms with Crippen LogP contribution in [0.4, 0.5) is 0 Å². The van der Waals surface area contributed by atoms with Gasteiger partial charge < -0.3 is 18.0 Å². The fraction of sp³-hybridized carbons (Fsp3) is 0.971. The summed E-state index contributed by atoms with van der Waals surface area (Å²) < 4.78 is 26.6. The Bertz CT molecular complexity index is 954. The van der Waals surface area contributed by atoms with Crippen molar-refractivity contribution in [2.45, 2.75) is 156 Å². The maximum absolute atomic E-state index is 12.0. The smallest absolute Gasteiger partial charge is 0.305 e. The van der Waals surface area contributed by atoms with Crippen molar-refractivity contribution in [3.63, 3.8) is 0 Å². The van der Waals surface area contributed by atoms with Gasteiger partial charge in [0.25, 0.3) is 0 Å². The molecule has 4 aliphatic rings. The van der Waals surface area contributed by atoms with E-state index in [0.29, 0.717) is 53.4 Å². The van der Waals surface area contributed by atoms with Crippen molar-refractivity contribution in [1.29, 1.82) is 0 Å². The lowest BCUT2D eigenvalue weighted by atomic mass is 9.43. The van der Waals surface area contributed by atoms with Crippen LogP contribution in [-0.4, -0.2) is 56.3 Å². The predicted molar refractivity (Wildman–Crippen MR) is 181 cm³/mol. The van der Waals surface area contributed by atoms with Crippen LogP contribution < -0.4 is 0 Å². The Morgan fingerprint density at radius 3 is 1.86 bits per heavy atom. The summed E-state index contributed by atoms with van der Waals surface area (Å²) in [6.45, 7) is 29.0. The minimum atomic E-state index is -1.85. The third kappa shape index (κ3) is 7.35. The van der Waals surface area contributed by atoms with Gasteiger partial charge in [-0.3, -0.25) is 4.79 Å². The largest absolute Gasteiger partial charge is 0.469 e. The maximum atomic E-state index is 12.0. The van der Waals surface area contributed by atoms with Gasteiger partial charge in [-0.25, -0.2) is 0 Å². The Kier molecular flexibility index (Phi) is 10.2. The normalized spacial score (nSPS) is 41.5. The molecule has 0 aromatic rings. The Hall–Kier alpha value is 0.000649. The van der Waals surface area contributed by atoms with Crippen molar-refractivity contribution in [2.75, 3.05) is 7.11 Å². The molecule has 4 rings (SSSR count). The molecule has 0 heterocycles. The summed E-state index contributed by atoms with van der Waals surface area (Å²) in [5.41, 5.74) is 0.562. The van der Waals surface area contributed by atoms with Crippen molar-refractivity contribution >= 4 is 30.9 Å². The van der Waals surface area contributed by atoms with Crippen molar-refractivity contribution < 1.29 is 22.8 Å². The zero-order valence-corrected chi connectivity index (χ0v) is 32.6. The average Bonchev–Trinajstić information content (AvgIpc) is 3.19. The SMILES string of the molecule is COC(=O)CCC(C)C1CCC2C3C(CCC12C)C1(C)CC[C@@H](O[Si](C)(C)C)C[C@H]1[C@@H](O[Si](C)(C)C)[C@H]3O[Si](C)(C)C. The first-order chi connectivity index (χ1) is 19.2. The Morgan fingerprint density at radius 1 is 0.738 bits per heavy atom. The lowest BCUT2D eigenvalue weighted by molar-refractivity contribution is -0.213. The van der Waals surface area contributed by atoms with Crippen LogP contribution in [0.2, 0.25) is 58.9 Å². The summed E-state index contributed by atoms with van der Waals surface area (Å²) in [6, 6.07) is 0. The maximum Gasteiger partial charge on any atom is 0.305 e. The van der Waals surface area contributed by atoms with Crippen LogP contribution in [0.15, 0.2) is 0 Å². The highest BCUT2D eigenvalue weighted by Crippen LogP contribution is 2.69. The van der Waals surface area contributed by atoms with Crippen LogP contribution in [0.1, 0.15) is 78.6 Å². The van der Waals surface area contributed by atoms with E-state index in [2.05, 4.69) is 79.7 Å². The molecule has 11 atom stereocenters. The molecule has 7 unspecified atom stereocenters. The van der Waals surface area contributed by atoms with Gasteiger partial charge in [0.1, 0.15) is 0 Å². The van der Waals surface area contributed by atoms with Crippen molar-refractivity contribution in [3.8, 4) is 0 Å². The molecule has 0 radical (unpaired) electrons. The second kappa shape index (κ2) is 12.3. The van der Waals surface area contributed by atoms with Crippen molar-refractivity contribution in [2.24, 2.45) is 46.3 Å². The molecule has 0 amide bonds. The highest BCUT2D eigenvalue weighted by molar-refractivity contribution is 6.70. The molecule has 0 spiro atoms.